The van der Waals surface area contributed by atoms with E-state index in [2.05, 4.69) is 37.6 Å². The molecule has 0 atom stereocenters. The van der Waals surface area contributed by atoms with E-state index in [9.17, 15) is 22.4 Å². The van der Waals surface area contributed by atoms with Crippen LogP contribution < -0.4 is 10.1 Å². The summed E-state index contributed by atoms with van der Waals surface area (Å²) in [5.41, 5.74) is -0.153. The van der Waals surface area contributed by atoms with Crippen LogP contribution in [0.25, 0.3) is 22.6 Å². The summed E-state index contributed by atoms with van der Waals surface area (Å²) in [5.74, 6) is -9.83. The number of ether oxygens (including phenoxy) is 1. The zero-order valence-corrected chi connectivity index (χ0v) is 18.8. The molecule has 0 saturated carbocycles. The van der Waals surface area contributed by atoms with Gasteiger partial charge < -0.3 is 14.5 Å². The molecule has 164 valence electrons. The third kappa shape index (κ3) is 3.88. The number of carbonyl (C=O) groups excluding carboxylic acids is 1. The van der Waals surface area contributed by atoms with Gasteiger partial charge in [-0.15, -0.1) is 0 Å². The lowest BCUT2D eigenvalue weighted by molar-refractivity contribution is 0.101. The molecule has 0 aliphatic heterocycles. The van der Waals surface area contributed by atoms with Crippen LogP contribution in [-0.2, 0) is 0 Å². The lowest BCUT2D eigenvalue weighted by Gasteiger charge is -2.11. The zero-order chi connectivity index (χ0) is 23.2. The van der Waals surface area contributed by atoms with E-state index in [0.717, 1.165) is 10.7 Å². The van der Waals surface area contributed by atoms with E-state index in [1.54, 1.807) is 12.1 Å². The van der Waals surface area contributed by atoms with Crippen molar-refractivity contribution in [1.82, 2.24) is 4.98 Å². The number of amides is 1. The Hall–Kier alpha value is -2.86. The standard InChI is InChI=1S/C21H10ClF4IN2O3/c1-31-19-17(25)15(23)14(16(24)18(19)26)20(30)28-9-3-5-13-12(7-9)29-21(32-13)10-6-8(27)2-4-11(10)22/h2-7H,1H3,(H,28,30). The third-order valence-electron chi connectivity index (χ3n) is 4.46. The number of nitrogens with zero attached hydrogens (tertiary/aromatic N) is 1. The molecule has 5 nitrogen and oxygen atoms in total. The van der Waals surface area contributed by atoms with Crippen molar-refractivity contribution in [1.29, 1.82) is 0 Å². The summed E-state index contributed by atoms with van der Waals surface area (Å²) in [6, 6.07) is 9.48. The van der Waals surface area contributed by atoms with E-state index >= 15 is 0 Å². The lowest BCUT2D eigenvalue weighted by Crippen LogP contribution is -2.18. The first kappa shape index (κ1) is 22.3. The molecule has 1 amide bonds. The van der Waals surface area contributed by atoms with Gasteiger partial charge >= 0.3 is 0 Å². The van der Waals surface area contributed by atoms with Gasteiger partial charge in [0.1, 0.15) is 11.1 Å². The topological polar surface area (TPSA) is 64.4 Å². The van der Waals surface area contributed by atoms with Crippen LogP contribution in [0.15, 0.2) is 40.8 Å². The average Bonchev–Trinajstić information content (AvgIpc) is 3.18. The Bertz CT molecular complexity index is 1360. The van der Waals surface area contributed by atoms with Gasteiger partial charge in [0, 0.05) is 9.26 Å². The molecule has 1 aromatic heterocycles. The van der Waals surface area contributed by atoms with Crippen LogP contribution in [0.1, 0.15) is 10.4 Å². The molecule has 11 heteroatoms. The van der Waals surface area contributed by atoms with E-state index in [0.29, 0.717) is 21.7 Å². The number of fused-ring (bicyclic) bond motifs is 1. The minimum Gasteiger partial charge on any atom is -0.491 e. The highest BCUT2D eigenvalue weighted by Crippen LogP contribution is 2.33. The molecular formula is C21H10ClF4IN2O3. The Labute approximate surface area is 196 Å². The van der Waals surface area contributed by atoms with Gasteiger partial charge in [0.05, 0.1) is 17.7 Å². The van der Waals surface area contributed by atoms with E-state index < -0.39 is 40.5 Å². The van der Waals surface area contributed by atoms with E-state index in [1.165, 1.54) is 18.2 Å². The van der Waals surface area contributed by atoms with Crippen LogP contribution in [0.4, 0.5) is 23.2 Å². The molecule has 0 aliphatic rings. The first-order valence-corrected chi connectivity index (χ1v) is 10.2. The summed E-state index contributed by atoms with van der Waals surface area (Å²) in [7, 11) is 0.838. The normalized spacial score (nSPS) is 11.1. The molecule has 0 aliphatic carbocycles. The van der Waals surface area contributed by atoms with Crippen LogP contribution in [0.3, 0.4) is 0 Å². The molecule has 0 radical (unpaired) electrons. The second-order valence-corrected chi connectivity index (χ2v) is 8.10. The van der Waals surface area contributed by atoms with Gasteiger partial charge in [-0.2, -0.15) is 8.78 Å². The predicted molar refractivity (Wildman–Crippen MR) is 118 cm³/mol. The van der Waals surface area contributed by atoms with Gasteiger partial charge in [0.15, 0.2) is 23.0 Å². The Balaban J connectivity index is 1.69. The average molecular weight is 577 g/mol. The fraction of sp³-hybridized carbons (Fsp3) is 0.0476. The SMILES string of the molecule is COc1c(F)c(F)c(C(=O)Nc2ccc3oc(-c4cc(I)ccc4Cl)nc3c2)c(F)c1F. The second kappa shape index (κ2) is 8.58. The molecule has 0 fully saturated rings. The Morgan fingerprint density at radius 3 is 2.41 bits per heavy atom. The number of oxazole rings is 1. The largest absolute Gasteiger partial charge is 0.491 e. The van der Waals surface area contributed by atoms with Crippen molar-refractivity contribution >= 4 is 56.9 Å². The molecule has 1 heterocycles. The Morgan fingerprint density at radius 2 is 1.75 bits per heavy atom. The molecule has 0 bridgehead atoms. The number of rotatable bonds is 4. The van der Waals surface area contributed by atoms with Crippen LogP contribution in [0.2, 0.25) is 5.02 Å². The predicted octanol–water partition coefficient (Wildman–Crippen LogP) is 6.57. The third-order valence-corrected chi connectivity index (χ3v) is 5.46. The smallest absolute Gasteiger partial charge is 0.261 e. The van der Waals surface area contributed by atoms with Crippen molar-refractivity contribution in [2.75, 3.05) is 12.4 Å². The van der Waals surface area contributed by atoms with Crippen LogP contribution >= 0.6 is 34.2 Å². The van der Waals surface area contributed by atoms with Crippen molar-refractivity contribution < 1.29 is 31.5 Å². The first-order valence-electron chi connectivity index (χ1n) is 8.78. The number of nitrogens with one attached hydrogen (secondary N) is 1. The number of hydrogen-bond acceptors (Lipinski definition) is 4. The summed E-state index contributed by atoms with van der Waals surface area (Å²) >= 11 is 8.31. The number of carbonyl (C=O) groups is 1. The van der Waals surface area contributed by atoms with E-state index in [1.807, 2.05) is 6.07 Å². The van der Waals surface area contributed by atoms with Gasteiger partial charge in [-0.1, -0.05) is 11.6 Å². The number of halogens is 6. The van der Waals surface area contributed by atoms with Crippen molar-refractivity contribution in [3.8, 4) is 17.2 Å². The molecular weight excluding hydrogens is 567 g/mol. The first-order chi connectivity index (χ1) is 15.2. The fourth-order valence-corrected chi connectivity index (χ4v) is 3.66. The number of methoxy groups -OCH3 is 1. The highest BCUT2D eigenvalue weighted by Gasteiger charge is 2.30. The second-order valence-electron chi connectivity index (χ2n) is 6.44. The lowest BCUT2D eigenvalue weighted by atomic mass is 10.1. The van der Waals surface area contributed by atoms with Gasteiger partial charge in [-0.25, -0.2) is 13.8 Å². The molecule has 32 heavy (non-hydrogen) atoms. The van der Waals surface area contributed by atoms with Crippen molar-refractivity contribution in [3.63, 3.8) is 0 Å². The molecule has 1 N–H and O–H groups in total. The summed E-state index contributed by atoms with van der Waals surface area (Å²) in [6.07, 6.45) is 0. The molecule has 4 rings (SSSR count). The quantitative estimate of drug-likeness (QED) is 0.170. The molecule has 3 aromatic carbocycles. The zero-order valence-electron chi connectivity index (χ0n) is 15.9. The fourth-order valence-electron chi connectivity index (χ4n) is 2.97. The molecule has 4 aromatic rings. The van der Waals surface area contributed by atoms with Crippen LogP contribution in [0.5, 0.6) is 5.75 Å². The number of benzene rings is 3. The van der Waals surface area contributed by atoms with Gasteiger partial charge in [-0.05, 0) is 59.0 Å². The van der Waals surface area contributed by atoms with Gasteiger partial charge in [-0.3, -0.25) is 4.79 Å². The van der Waals surface area contributed by atoms with Crippen LogP contribution in [-0.4, -0.2) is 18.0 Å². The highest BCUT2D eigenvalue weighted by atomic mass is 127. The minimum absolute atomic E-state index is 0.0616. The van der Waals surface area contributed by atoms with Crippen molar-refractivity contribution in [3.05, 3.63) is 73.8 Å². The van der Waals surface area contributed by atoms with Gasteiger partial charge in [0.25, 0.3) is 5.91 Å². The van der Waals surface area contributed by atoms with Crippen LogP contribution in [0, 0.1) is 26.8 Å². The molecule has 0 saturated heterocycles. The maximum atomic E-state index is 14.2. The van der Waals surface area contributed by atoms with Crippen molar-refractivity contribution in [2.45, 2.75) is 0 Å². The Morgan fingerprint density at radius 1 is 1.06 bits per heavy atom. The molecule has 0 spiro atoms. The summed E-state index contributed by atoms with van der Waals surface area (Å²) in [5, 5.41) is 2.61. The summed E-state index contributed by atoms with van der Waals surface area (Å²) in [4.78, 5) is 16.7. The molecule has 0 unspecified atom stereocenters. The highest BCUT2D eigenvalue weighted by molar-refractivity contribution is 14.1. The van der Waals surface area contributed by atoms with Crippen molar-refractivity contribution in [2.24, 2.45) is 0 Å². The summed E-state index contributed by atoms with van der Waals surface area (Å²) < 4.78 is 67.1. The maximum absolute atomic E-state index is 14.2. The number of hydrogen-bond donors (Lipinski definition) is 1. The van der Waals surface area contributed by atoms with E-state index in [-0.39, 0.29) is 11.6 Å². The number of anilines is 1. The minimum atomic E-state index is -1.88. The monoisotopic (exact) mass is 576 g/mol. The van der Waals surface area contributed by atoms with E-state index in [4.69, 9.17) is 16.0 Å². The van der Waals surface area contributed by atoms with Gasteiger partial charge in [0.2, 0.25) is 17.5 Å². The summed E-state index contributed by atoms with van der Waals surface area (Å²) in [6.45, 7) is 0. The maximum Gasteiger partial charge on any atom is 0.261 e. The Kier molecular flexibility index (Phi) is 5.99. The number of aromatic nitrogens is 1.